The fourth-order valence-electron chi connectivity index (χ4n) is 4.31. The van der Waals surface area contributed by atoms with Crippen LogP contribution in [0.5, 0.6) is 5.75 Å². The number of nitrogens with two attached hydrogens (primary N) is 1. The van der Waals surface area contributed by atoms with E-state index in [0.717, 1.165) is 30.7 Å². The summed E-state index contributed by atoms with van der Waals surface area (Å²) in [6, 6.07) is 12.0. The Hall–Kier alpha value is -3.04. The minimum absolute atomic E-state index is 0.0313. The molecule has 2 atom stereocenters. The molecule has 3 heterocycles. The Bertz CT molecular complexity index is 1080. The normalized spacial score (nSPS) is 20.8. The van der Waals surface area contributed by atoms with E-state index in [0.29, 0.717) is 23.8 Å². The first-order valence-corrected chi connectivity index (χ1v) is 10.4. The zero-order chi connectivity index (χ0) is 21.4. The van der Waals surface area contributed by atoms with Crippen LogP contribution in [0.3, 0.4) is 0 Å². The SMILES string of the molecule is Cc1cc2c(c(=O)n1CC1CCCO1)C(c1ccc(C(C)C)cc1)C(C#N)=C(N)O2. The van der Waals surface area contributed by atoms with E-state index in [9.17, 15) is 10.1 Å². The van der Waals surface area contributed by atoms with Crippen LogP contribution >= 0.6 is 0 Å². The van der Waals surface area contributed by atoms with E-state index in [2.05, 4.69) is 19.9 Å². The van der Waals surface area contributed by atoms with Gasteiger partial charge in [-0.15, -0.1) is 0 Å². The third-order valence-electron chi connectivity index (χ3n) is 6.04. The van der Waals surface area contributed by atoms with Gasteiger partial charge in [-0.25, -0.2) is 0 Å². The number of aryl methyl sites for hydroxylation is 1. The monoisotopic (exact) mass is 405 g/mol. The summed E-state index contributed by atoms with van der Waals surface area (Å²) in [6.45, 7) is 7.37. The average Bonchev–Trinajstić information content (AvgIpc) is 3.23. The summed E-state index contributed by atoms with van der Waals surface area (Å²) in [5.74, 6) is 0.321. The highest BCUT2D eigenvalue weighted by atomic mass is 16.5. The lowest BCUT2D eigenvalue weighted by Gasteiger charge is -2.28. The molecule has 6 heteroatoms. The molecule has 156 valence electrons. The predicted octanol–water partition coefficient (Wildman–Crippen LogP) is 3.68. The molecular formula is C24H27N3O3. The lowest BCUT2D eigenvalue weighted by molar-refractivity contribution is 0.0955. The summed E-state index contributed by atoms with van der Waals surface area (Å²) in [5, 5.41) is 9.81. The van der Waals surface area contributed by atoms with Gasteiger partial charge in [0.15, 0.2) is 0 Å². The van der Waals surface area contributed by atoms with Crippen LogP contribution in [0.25, 0.3) is 0 Å². The number of ether oxygens (including phenoxy) is 2. The Morgan fingerprint density at radius 3 is 2.63 bits per heavy atom. The zero-order valence-electron chi connectivity index (χ0n) is 17.6. The molecule has 0 bridgehead atoms. The Labute approximate surface area is 176 Å². The summed E-state index contributed by atoms with van der Waals surface area (Å²) in [7, 11) is 0. The maximum absolute atomic E-state index is 13.6. The number of aromatic nitrogens is 1. The predicted molar refractivity (Wildman–Crippen MR) is 114 cm³/mol. The number of benzene rings is 1. The highest BCUT2D eigenvalue weighted by Crippen LogP contribution is 2.40. The van der Waals surface area contributed by atoms with Gasteiger partial charge >= 0.3 is 0 Å². The number of hydrogen-bond donors (Lipinski definition) is 1. The van der Waals surface area contributed by atoms with Crippen molar-refractivity contribution in [1.82, 2.24) is 4.57 Å². The van der Waals surface area contributed by atoms with Crippen molar-refractivity contribution < 1.29 is 9.47 Å². The van der Waals surface area contributed by atoms with Crippen LogP contribution in [-0.2, 0) is 11.3 Å². The second-order valence-electron chi connectivity index (χ2n) is 8.36. The Morgan fingerprint density at radius 1 is 1.30 bits per heavy atom. The maximum atomic E-state index is 13.6. The lowest BCUT2D eigenvalue weighted by Crippen LogP contribution is -2.35. The summed E-state index contributed by atoms with van der Waals surface area (Å²) in [4.78, 5) is 13.6. The van der Waals surface area contributed by atoms with Gasteiger partial charge in [-0.2, -0.15) is 5.26 Å². The van der Waals surface area contributed by atoms with Gasteiger partial charge in [-0.1, -0.05) is 38.1 Å². The largest absolute Gasteiger partial charge is 0.440 e. The highest BCUT2D eigenvalue weighted by Gasteiger charge is 2.34. The van der Waals surface area contributed by atoms with Gasteiger partial charge in [0, 0.05) is 18.4 Å². The first-order valence-electron chi connectivity index (χ1n) is 10.4. The number of nitrogens with zero attached hydrogens (tertiary/aromatic N) is 2. The molecule has 2 aromatic rings. The van der Waals surface area contributed by atoms with E-state index < -0.39 is 5.92 Å². The number of rotatable bonds is 4. The molecule has 6 nitrogen and oxygen atoms in total. The van der Waals surface area contributed by atoms with E-state index >= 15 is 0 Å². The maximum Gasteiger partial charge on any atom is 0.258 e. The summed E-state index contributed by atoms with van der Waals surface area (Å²) in [6.07, 6.45) is 1.98. The molecule has 2 aliphatic heterocycles. The molecule has 2 aliphatic rings. The Balaban J connectivity index is 1.86. The molecule has 0 spiro atoms. The molecule has 4 rings (SSSR count). The minimum atomic E-state index is -0.552. The first kappa shape index (κ1) is 20.2. The summed E-state index contributed by atoms with van der Waals surface area (Å²) >= 11 is 0. The molecule has 30 heavy (non-hydrogen) atoms. The molecule has 0 aliphatic carbocycles. The number of hydrogen-bond acceptors (Lipinski definition) is 5. The van der Waals surface area contributed by atoms with E-state index in [-0.39, 0.29) is 23.1 Å². The van der Waals surface area contributed by atoms with Crippen LogP contribution < -0.4 is 16.0 Å². The molecule has 1 fully saturated rings. The molecule has 1 saturated heterocycles. The van der Waals surface area contributed by atoms with Crippen LogP contribution in [0.4, 0.5) is 0 Å². The van der Waals surface area contributed by atoms with Crippen molar-refractivity contribution in [2.45, 2.75) is 58.1 Å². The second-order valence-corrected chi connectivity index (χ2v) is 8.36. The van der Waals surface area contributed by atoms with Crippen molar-refractivity contribution in [2.24, 2.45) is 5.73 Å². The van der Waals surface area contributed by atoms with E-state index in [4.69, 9.17) is 15.2 Å². The van der Waals surface area contributed by atoms with Gasteiger partial charge in [0.05, 0.1) is 24.1 Å². The number of fused-ring (bicyclic) bond motifs is 1. The van der Waals surface area contributed by atoms with Crippen molar-refractivity contribution in [3.8, 4) is 11.8 Å². The Morgan fingerprint density at radius 2 is 2.03 bits per heavy atom. The van der Waals surface area contributed by atoms with Crippen LogP contribution in [0.2, 0.25) is 0 Å². The van der Waals surface area contributed by atoms with Gasteiger partial charge in [0.1, 0.15) is 17.4 Å². The molecule has 2 N–H and O–H groups in total. The fourth-order valence-corrected chi connectivity index (χ4v) is 4.31. The lowest BCUT2D eigenvalue weighted by atomic mass is 9.83. The fraction of sp³-hybridized carbons (Fsp3) is 0.417. The number of nitriles is 1. The van der Waals surface area contributed by atoms with E-state index in [1.807, 2.05) is 37.3 Å². The quantitative estimate of drug-likeness (QED) is 0.838. The highest BCUT2D eigenvalue weighted by molar-refractivity contribution is 5.55. The van der Waals surface area contributed by atoms with E-state index in [1.54, 1.807) is 4.57 Å². The van der Waals surface area contributed by atoms with Crippen LogP contribution in [0, 0.1) is 18.3 Å². The third-order valence-corrected chi connectivity index (χ3v) is 6.04. The molecule has 0 saturated carbocycles. The third kappa shape index (κ3) is 3.50. The zero-order valence-corrected chi connectivity index (χ0v) is 17.6. The van der Waals surface area contributed by atoms with Gasteiger partial charge in [-0.3, -0.25) is 4.79 Å². The molecule has 0 radical (unpaired) electrons. The second kappa shape index (κ2) is 8.00. The topological polar surface area (TPSA) is 90.3 Å². The van der Waals surface area contributed by atoms with Crippen molar-refractivity contribution in [1.29, 1.82) is 5.26 Å². The Kier molecular flexibility index (Phi) is 5.40. The average molecular weight is 405 g/mol. The number of pyridine rings is 1. The van der Waals surface area contributed by atoms with Gasteiger partial charge in [0.25, 0.3) is 5.56 Å². The van der Waals surface area contributed by atoms with E-state index in [1.165, 1.54) is 5.56 Å². The van der Waals surface area contributed by atoms with Crippen molar-refractivity contribution in [2.75, 3.05) is 6.61 Å². The molecule has 1 aromatic carbocycles. The standard InChI is InChI=1S/C24H27N3O3/c1-14(2)16-6-8-17(9-7-16)21-19(12-25)23(26)30-20-11-15(3)27(24(28)22(20)21)13-18-5-4-10-29-18/h6-9,11,14,18,21H,4-5,10,13,26H2,1-3H3. The summed E-state index contributed by atoms with van der Waals surface area (Å²) in [5.41, 5.74) is 9.50. The van der Waals surface area contributed by atoms with Crippen LogP contribution in [0.1, 0.15) is 60.9 Å². The first-order chi connectivity index (χ1) is 14.4. The van der Waals surface area contributed by atoms with Crippen molar-refractivity contribution >= 4 is 0 Å². The van der Waals surface area contributed by atoms with Crippen LogP contribution in [-0.4, -0.2) is 17.3 Å². The van der Waals surface area contributed by atoms with Gasteiger partial charge < -0.3 is 19.8 Å². The van der Waals surface area contributed by atoms with Crippen molar-refractivity contribution in [3.63, 3.8) is 0 Å². The molecule has 1 aromatic heterocycles. The smallest absolute Gasteiger partial charge is 0.258 e. The van der Waals surface area contributed by atoms with Crippen LogP contribution in [0.15, 0.2) is 46.6 Å². The minimum Gasteiger partial charge on any atom is -0.440 e. The molecule has 0 amide bonds. The van der Waals surface area contributed by atoms with Crippen molar-refractivity contribution in [3.05, 3.63) is 74.5 Å². The number of allylic oxidation sites excluding steroid dienone is 1. The molecule has 2 unspecified atom stereocenters. The molecular weight excluding hydrogens is 378 g/mol. The van der Waals surface area contributed by atoms with Gasteiger partial charge in [0.2, 0.25) is 5.88 Å². The summed E-state index contributed by atoms with van der Waals surface area (Å²) < 4.78 is 13.2. The van der Waals surface area contributed by atoms with Gasteiger partial charge in [-0.05, 0) is 36.8 Å².